The maximum absolute atomic E-state index is 13.7. The van der Waals surface area contributed by atoms with Gasteiger partial charge in [-0.05, 0) is 54.8 Å². The van der Waals surface area contributed by atoms with E-state index >= 15 is 0 Å². The highest BCUT2D eigenvalue weighted by molar-refractivity contribution is 8.09. The Labute approximate surface area is 204 Å². The first-order valence-corrected chi connectivity index (χ1v) is 12.7. The van der Waals surface area contributed by atoms with Gasteiger partial charge in [0.15, 0.2) is 0 Å². The summed E-state index contributed by atoms with van der Waals surface area (Å²) in [5.41, 5.74) is 2.66. The molecule has 0 bridgehead atoms. The number of rotatable bonds is 13. The molecule has 33 heavy (non-hydrogen) atoms. The SMILES string of the molecule is CCc1cccc(CNC[C@@H](O)[C@H](Cc2cc(F)cc(F)c2)NC(=O)[C@@H](C)NC(S)SC)c1. The third-order valence-corrected chi connectivity index (χ3v) is 6.63. The first kappa shape index (κ1) is 27.6. The Morgan fingerprint density at radius 1 is 1.12 bits per heavy atom. The lowest BCUT2D eigenvalue weighted by Crippen LogP contribution is -2.53. The molecule has 9 heteroatoms. The van der Waals surface area contributed by atoms with E-state index in [4.69, 9.17) is 0 Å². The molecule has 0 aromatic heterocycles. The van der Waals surface area contributed by atoms with E-state index in [0.29, 0.717) is 12.1 Å². The average molecular weight is 498 g/mol. The molecule has 0 aliphatic heterocycles. The molecule has 4 atom stereocenters. The molecule has 0 heterocycles. The average Bonchev–Trinajstić information content (AvgIpc) is 2.77. The number of halogens is 2. The lowest BCUT2D eigenvalue weighted by molar-refractivity contribution is -0.124. The van der Waals surface area contributed by atoms with Crippen molar-refractivity contribution in [1.82, 2.24) is 16.0 Å². The Bertz CT molecular complexity index is 884. The van der Waals surface area contributed by atoms with Gasteiger partial charge < -0.3 is 15.7 Å². The largest absolute Gasteiger partial charge is 0.390 e. The number of aliphatic hydroxyl groups excluding tert-OH is 1. The molecule has 0 aliphatic carbocycles. The second-order valence-electron chi connectivity index (χ2n) is 7.95. The van der Waals surface area contributed by atoms with Gasteiger partial charge >= 0.3 is 0 Å². The number of hydrogen-bond acceptors (Lipinski definition) is 6. The van der Waals surface area contributed by atoms with E-state index in [1.54, 1.807) is 6.92 Å². The Morgan fingerprint density at radius 3 is 2.42 bits per heavy atom. The summed E-state index contributed by atoms with van der Waals surface area (Å²) in [4.78, 5) is 12.7. The minimum Gasteiger partial charge on any atom is -0.390 e. The zero-order chi connectivity index (χ0) is 24.4. The van der Waals surface area contributed by atoms with E-state index in [2.05, 4.69) is 47.6 Å². The van der Waals surface area contributed by atoms with Gasteiger partial charge in [0.2, 0.25) is 5.91 Å². The van der Waals surface area contributed by atoms with Gasteiger partial charge in [-0.1, -0.05) is 31.2 Å². The lowest BCUT2D eigenvalue weighted by Gasteiger charge is -2.27. The molecule has 0 aliphatic rings. The van der Waals surface area contributed by atoms with Crippen LogP contribution in [0.25, 0.3) is 0 Å². The summed E-state index contributed by atoms with van der Waals surface area (Å²) in [7, 11) is 0. The monoisotopic (exact) mass is 497 g/mol. The first-order chi connectivity index (χ1) is 15.7. The van der Waals surface area contributed by atoms with Gasteiger partial charge in [-0.3, -0.25) is 10.1 Å². The summed E-state index contributed by atoms with van der Waals surface area (Å²) >= 11 is 5.77. The number of nitrogens with one attached hydrogen (secondary N) is 3. The summed E-state index contributed by atoms with van der Waals surface area (Å²) in [5, 5.41) is 19.9. The Morgan fingerprint density at radius 2 is 1.79 bits per heavy atom. The fraction of sp³-hybridized carbons (Fsp3) is 0.458. The van der Waals surface area contributed by atoms with Crippen molar-refractivity contribution in [3.63, 3.8) is 0 Å². The summed E-state index contributed by atoms with van der Waals surface area (Å²) in [5.74, 6) is -1.74. The fourth-order valence-corrected chi connectivity index (χ4v) is 3.96. The van der Waals surface area contributed by atoms with Crippen LogP contribution in [0.15, 0.2) is 42.5 Å². The smallest absolute Gasteiger partial charge is 0.237 e. The van der Waals surface area contributed by atoms with Crippen LogP contribution < -0.4 is 16.0 Å². The molecule has 2 aromatic rings. The van der Waals surface area contributed by atoms with Crippen LogP contribution in [0.2, 0.25) is 0 Å². The van der Waals surface area contributed by atoms with Crippen LogP contribution >= 0.6 is 24.4 Å². The van der Waals surface area contributed by atoms with Gasteiger partial charge in [0.1, 0.15) is 11.6 Å². The van der Waals surface area contributed by atoms with Crippen molar-refractivity contribution < 1.29 is 18.7 Å². The van der Waals surface area contributed by atoms with E-state index in [-0.39, 0.29) is 23.6 Å². The van der Waals surface area contributed by atoms with E-state index in [9.17, 15) is 18.7 Å². The molecule has 5 nitrogen and oxygen atoms in total. The number of carbonyl (C=O) groups is 1. The highest BCUT2D eigenvalue weighted by Crippen LogP contribution is 2.13. The molecule has 4 N–H and O–H groups in total. The van der Waals surface area contributed by atoms with Crippen LogP contribution in [-0.4, -0.2) is 46.7 Å². The number of aryl methyl sites for hydroxylation is 1. The third-order valence-electron chi connectivity index (χ3n) is 5.26. The summed E-state index contributed by atoms with van der Waals surface area (Å²) < 4.78 is 27.1. The normalized spacial score (nSPS) is 15.0. The van der Waals surface area contributed by atoms with Crippen molar-refractivity contribution in [2.75, 3.05) is 12.8 Å². The van der Waals surface area contributed by atoms with Crippen LogP contribution in [-0.2, 0) is 24.2 Å². The molecule has 0 radical (unpaired) electrons. The lowest BCUT2D eigenvalue weighted by atomic mass is 10.00. The zero-order valence-electron chi connectivity index (χ0n) is 19.1. The number of aliphatic hydroxyl groups is 1. The molecule has 0 saturated carbocycles. The van der Waals surface area contributed by atoms with Crippen LogP contribution in [0.5, 0.6) is 0 Å². The predicted molar refractivity (Wildman–Crippen MR) is 134 cm³/mol. The van der Waals surface area contributed by atoms with Crippen molar-refractivity contribution in [2.45, 2.75) is 56.1 Å². The number of thioether (sulfide) groups is 1. The number of carbonyl (C=O) groups excluding carboxylic acids is 1. The van der Waals surface area contributed by atoms with Gasteiger partial charge in [0.05, 0.1) is 22.9 Å². The topological polar surface area (TPSA) is 73.4 Å². The first-order valence-electron chi connectivity index (χ1n) is 10.9. The number of thiol groups is 1. The van der Waals surface area contributed by atoms with Crippen LogP contribution in [0.1, 0.15) is 30.5 Å². The molecule has 1 amide bonds. The minimum absolute atomic E-state index is 0.0775. The molecule has 1 unspecified atom stereocenters. The van der Waals surface area contributed by atoms with Crippen molar-refractivity contribution >= 4 is 30.3 Å². The molecule has 0 fully saturated rings. The Hall–Kier alpha value is -1.65. The van der Waals surface area contributed by atoms with Crippen LogP contribution in [0, 0.1) is 11.6 Å². The summed E-state index contributed by atoms with van der Waals surface area (Å²) in [6.45, 7) is 4.52. The van der Waals surface area contributed by atoms with E-state index in [1.165, 1.54) is 29.5 Å². The summed E-state index contributed by atoms with van der Waals surface area (Å²) in [6.07, 6.45) is 1.90. The van der Waals surface area contributed by atoms with E-state index < -0.39 is 29.8 Å². The minimum atomic E-state index is -0.978. The highest BCUT2D eigenvalue weighted by Gasteiger charge is 2.25. The second kappa shape index (κ2) is 13.9. The van der Waals surface area contributed by atoms with Crippen molar-refractivity contribution in [1.29, 1.82) is 0 Å². The molecule has 0 saturated heterocycles. The summed E-state index contributed by atoms with van der Waals surface area (Å²) in [6, 6.07) is 10.0. The third kappa shape index (κ3) is 9.62. The molecule has 2 aromatic carbocycles. The van der Waals surface area contributed by atoms with Crippen molar-refractivity contribution in [3.8, 4) is 0 Å². The van der Waals surface area contributed by atoms with Gasteiger partial charge in [-0.2, -0.15) is 0 Å². The van der Waals surface area contributed by atoms with Gasteiger partial charge in [-0.25, -0.2) is 8.78 Å². The molecule has 182 valence electrons. The van der Waals surface area contributed by atoms with E-state index in [0.717, 1.165) is 18.1 Å². The molecule has 0 spiro atoms. The van der Waals surface area contributed by atoms with Crippen molar-refractivity contribution in [3.05, 3.63) is 70.8 Å². The maximum atomic E-state index is 13.7. The van der Waals surface area contributed by atoms with E-state index in [1.807, 2.05) is 18.4 Å². The van der Waals surface area contributed by atoms with Gasteiger partial charge in [0, 0.05) is 19.2 Å². The highest BCUT2D eigenvalue weighted by atomic mass is 32.2. The van der Waals surface area contributed by atoms with Crippen LogP contribution in [0.4, 0.5) is 8.78 Å². The second-order valence-corrected chi connectivity index (χ2v) is 9.75. The molecular formula is C24H33F2N3O2S2. The standard InChI is InChI=1S/C24H33F2N3O2S2/c1-4-16-6-5-7-17(8-16)13-27-14-22(30)21(11-18-9-19(25)12-20(26)10-18)29-23(31)15(2)28-24(32)33-3/h5-10,12,15,21-22,24,27-28,30,32H,4,11,13-14H2,1-3H3,(H,29,31)/t15-,21+,22-,24?/m1/s1. The number of amides is 1. The fourth-order valence-electron chi connectivity index (χ4n) is 3.40. The van der Waals surface area contributed by atoms with Gasteiger partial charge in [-0.15, -0.1) is 24.4 Å². The quantitative estimate of drug-likeness (QED) is 0.217. The molecule has 2 rings (SSSR count). The van der Waals surface area contributed by atoms with Gasteiger partial charge in [0.25, 0.3) is 0 Å². The predicted octanol–water partition coefficient (Wildman–Crippen LogP) is 3.26. The maximum Gasteiger partial charge on any atom is 0.237 e. The van der Waals surface area contributed by atoms with Crippen LogP contribution in [0.3, 0.4) is 0 Å². The molecular weight excluding hydrogens is 464 g/mol. The Balaban J connectivity index is 2.06. The Kier molecular flexibility index (Phi) is 11.6. The number of benzene rings is 2. The zero-order valence-corrected chi connectivity index (χ0v) is 20.9. The van der Waals surface area contributed by atoms with Crippen molar-refractivity contribution in [2.24, 2.45) is 0 Å². The number of hydrogen-bond donors (Lipinski definition) is 5.